The number of halogens is 1. The molecule has 7 heteroatoms. The molecule has 1 aliphatic rings. The van der Waals surface area contributed by atoms with Gasteiger partial charge in [0.1, 0.15) is 5.82 Å². The number of hydrogen-bond donors (Lipinski definition) is 3. The number of carbonyl (C=O) groups excluding carboxylic acids is 1. The average Bonchev–Trinajstić information content (AvgIpc) is 2.78. The van der Waals surface area contributed by atoms with Gasteiger partial charge in [0, 0.05) is 35.8 Å². The lowest BCUT2D eigenvalue weighted by molar-refractivity contribution is 0.102. The normalized spacial score (nSPS) is 15.5. The van der Waals surface area contributed by atoms with Gasteiger partial charge in [-0.25, -0.2) is 4.98 Å². The number of benzene rings is 1. The number of anilines is 2. The summed E-state index contributed by atoms with van der Waals surface area (Å²) in [4.78, 5) is 21.6. The van der Waals surface area contributed by atoms with Gasteiger partial charge in [0.25, 0.3) is 5.91 Å². The van der Waals surface area contributed by atoms with Crippen molar-refractivity contribution >= 4 is 29.0 Å². The Labute approximate surface area is 180 Å². The first-order valence-corrected chi connectivity index (χ1v) is 10.4. The molecule has 3 heterocycles. The first kappa shape index (κ1) is 20.3. The van der Waals surface area contributed by atoms with E-state index >= 15 is 0 Å². The molecule has 1 aromatic carbocycles. The largest absolute Gasteiger partial charge is 0.398 e. The van der Waals surface area contributed by atoms with Crippen molar-refractivity contribution in [3.8, 4) is 0 Å². The average molecular weight is 422 g/mol. The molecule has 3 aromatic rings. The standard InChI is InChI=1S/C23H24ClN5O/c24-17-4-5-20(28-14-17)29-23(30)18-2-1-3-19(25)22(18)21(15-6-10-26-11-7-15)16-8-12-27-13-9-16/h1-7,10-11,14,16,21,27H,8-9,12-13,25H2,(H,28,29,30). The highest BCUT2D eigenvalue weighted by atomic mass is 35.5. The van der Waals surface area contributed by atoms with E-state index in [2.05, 4.69) is 20.6 Å². The van der Waals surface area contributed by atoms with Crippen LogP contribution in [0.25, 0.3) is 0 Å². The molecule has 1 amide bonds. The molecule has 2 aromatic heterocycles. The molecule has 4 rings (SSSR count). The van der Waals surface area contributed by atoms with E-state index in [1.165, 1.54) is 6.20 Å². The zero-order valence-corrected chi connectivity index (χ0v) is 17.3. The van der Waals surface area contributed by atoms with Crippen LogP contribution in [0.2, 0.25) is 5.02 Å². The van der Waals surface area contributed by atoms with E-state index in [4.69, 9.17) is 17.3 Å². The van der Waals surface area contributed by atoms with Crippen LogP contribution >= 0.6 is 11.6 Å². The Morgan fingerprint density at radius 1 is 1.13 bits per heavy atom. The molecule has 1 saturated heterocycles. The summed E-state index contributed by atoms with van der Waals surface area (Å²) in [5, 5.41) is 6.81. The van der Waals surface area contributed by atoms with Crippen molar-refractivity contribution in [1.82, 2.24) is 15.3 Å². The molecule has 0 aliphatic carbocycles. The maximum atomic E-state index is 13.2. The topological polar surface area (TPSA) is 92.9 Å². The van der Waals surface area contributed by atoms with Gasteiger partial charge in [-0.2, -0.15) is 0 Å². The van der Waals surface area contributed by atoms with Crippen LogP contribution in [0.3, 0.4) is 0 Å². The van der Waals surface area contributed by atoms with E-state index in [1.54, 1.807) is 24.5 Å². The lowest BCUT2D eigenvalue weighted by Crippen LogP contribution is -2.32. The zero-order valence-electron chi connectivity index (χ0n) is 16.5. The summed E-state index contributed by atoms with van der Waals surface area (Å²) in [5.41, 5.74) is 9.63. The second kappa shape index (κ2) is 9.24. The molecule has 1 fully saturated rings. The molecule has 1 aliphatic heterocycles. The predicted octanol–water partition coefficient (Wildman–Crippen LogP) is 4.10. The Morgan fingerprint density at radius 3 is 2.60 bits per heavy atom. The second-order valence-electron chi connectivity index (χ2n) is 7.47. The van der Waals surface area contributed by atoms with Crippen LogP contribution in [0.5, 0.6) is 0 Å². The third-order valence-electron chi connectivity index (χ3n) is 5.58. The minimum absolute atomic E-state index is 0.00947. The molecule has 1 unspecified atom stereocenters. The SMILES string of the molecule is Nc1cccc(C(=O)Nc2ccc(Cl)cn2)c1C(c1ccncc1)C1CCNCC1. The highest BCUT2D eigenvalue weighted by Crippen LogP contribution is 2.41. The fourth-order valence-corrected chi connectivity index (χ4v) is 4.30. The van der Waals surface area contributed by atoms with E-state index in [0.29, 0.717) is 28.0 Å². The van der Waals surface area contributed by atoms with E-state index in [0.717, 1.165) is 37.1 Å². The summed E-state index contributed by atoms with van der Waals surface area (Å²) >= 11 is 5.90. The number of carbonyl (C=O) groups is 1. The number of nitrogens with zero attached hydrogens (tertiary/aromatic N) is 2. The van der Waals surface area contributed by atoms with Crippen LogP contribution in [0.4, 0.5) is 11.5 Å². The Hall–Kier alpha value is -2.96. The first-order valence-electron chi connectivity index (χ1n) is 10.1. The summed E-state index contributed by atoms with van der Waals surface area (Å²) in [6.07, 6.45) is 7.12. The third kappa shape index (κ3) is 4.45. The van der Waals surface area contributed by atoms with Gasteiger partial charge in [-0.1, -0.05) is 17.7 Å². The van der Waals surface area contributed by atoms with Gasteiger partial charge in [0.2, 0.25) is 0 Å². The van der Waals surface area contributed by atoms with Crippen molar-refractivity contribution in [2.45, 2.75) is 18.8 Å². The Bertz CT molecular complexity index is 1000. The van der Waals surface area contributed by atoms with Crippen molar-refractivity contribution in [1.29, 1.82) is 0 Å². The smallest absolute Gasteiger partial charge is 0.257 e. The van der Waals surface area contributed by atoms with Gasteiger partial charge >= 0.3 is 0 Å². The van der Waals surface area contributed by atoms with Crippen molar-refractivity contribution in [2.75, 3.05) is 24.1 Å². The van der Waals surface area contributed by atoms with Crippen molar-refractivity contribution in [3.63, 3.8) is 0 Å². The molecule has 0 bridgehead atoms. The molecule has 1 atom stereocenters. The van der Waals surface area contributed by atoms with Crippen LogP contribution in [-0.2, 0) is 0 Å². The fourth-order valence-electron chi connectivity index (χ4n) is 4.18. The predicted molar refractivity (Wildman–Crippen MR) is 120 cm³/mol. The number of hydrogen-bond acceptors (Lipinski definition) is 5. The summed E-state index contributed by atoms with van der Waals surface area (Å²) in [6.45, 7) is 1.91. The molecular weight excluding hydrogens is 398 g/mol. The highest BCUT2D eigenvalue weighted by Gasteiger charge is 2.31. The zero-order chi connectivity index (χ0) is 20.9. The van der Waals surface area contributed by atoms with Crippen LogP contribution in [0.1, 0.15) is 40.2 Å². The van der Waals surface area contributed by atoms with Crippen LogP contribution in [0, 0.1) is 5.92 Å². The first-order chi connectivity index (χ1) is 14.6. The van der Waals surface area contributed by atoms with Gasteiger partial charge in [0.15, 0.2) is 0 Å². The molecule has 30 heavy (non-hydrogen) atoms. The van der Waals surface area contributed by atoms with Crippen LogP contribution in [0.15, 0.2) is 61.1 Å². The van der Waals surface area contributed by atoms with Crippen molar-refractivity contribution in [3.05, 3.63) is 82.8 Å². The number of nitrogens with two attached hydrogens (primary N) is 1. The van der Waals surface area contributed by atoms with Crippen LogP contribution < -0.4 is 16.4 Å². The van der Waals surface area contributed by atoms with Crippen LogP contribution in [-0.4, -0.2) is 29.0 Å². The monoisotopic (exact) mass is 421 g/mol. The van der Waals surface area contributed by atoms with E-state index < -0.39 is 0 Å². The Kier molecular flexibility index (Phi) is 6.26. The van der Waals surface area contributed by atoms with Crippen molar-refractivity contribution in [2.24, 2.45) is 5.92 Å². The Balaban J connectivity index is 1.75. The number of rotatable bonds is 5. The summed E-state index contributed by atoms with van der Waals surface area (Å²) in [5.74, 6) is 0.592. The molecule has 0 spiro atoms. The second-order valence-corrected chi connectivity index (χ2v) is 7.91. The van der Waals surface area contributed by atoms with E-state index in [-0.39, 0.29) is 11.8 Å². The highest BCUT2D eigenvalue weighted by molar-refractivity contribution is 6.30. The summed E-state index contributed by atoms with van der Waals surface area (Å²) < 4.78 is 0. The minimum atomic E-state index is -0.236. The maximum absolute atomic E-state index is 13.2. The van der Waals surface area contributed by atoms with Gasteiger partial charge in [-0.05, 0) is 79.4 Å². The number of piperidine rings is 1. The summed E-state index contributed by atoms with van der Waals surface area (Å²) in [7, 11) is 0. The number of nitrogens with one attached hydrogen (secondary N) is 2. The van der Waals surface area contributed by atoms with E-state index in [9.17, 15) is 4.79 Å². The third-order valence-corrected chi connectivity index (χ3v) is 5.81. The fraction of sp³-hybridized carbons (Fsp3) is 0.261. The van der Waals surface area contributed by atoms with Gasteiger partial charge in [-0.15, -0.1) is 0 Å². The van der Waals surface area contributed by atoms with Gasteiger partial charge in [-0.3, -0.25) is 9.78 Å². The molecule has 0 radical (unpaired) electrons. The molecule has 6 nitrogen and oxygen atoms in total. The molecule has 4 N–H and O–H groups in total. The molecule has 154 valence electrons. The number of nitrogen functional groups attached to an aromatic ring is 1. The number of aromatic nitrogens is 2. The van der Waals surface area contributed by atoms with Gasteiger partial charge < -0.3 is 16.4 Å². The number of amides is 1. The quantitative estimate of drug-likeness (QED) is 0.539. The number of pyridine rings is 2. The Morgan fingerprint density at radius 2 is 1.90 bits per heavy atom. The summed E-state index contributed by atoms with van der Waals surface area (Å²) in [6, 6.07) is 12.9. The van der Waals surface area contributed by atoms with Crippen molar-refractivity contribution < 1.29 is 4.79 Å². The van der Waals surface area contributed by atoms with Gasteiger partial charge in [0.05, 0.1) is 5.02 Å². The van der Waals surface area contributed by atoms with E-state index in [1.807, 2.05) is 30.3 Å². The molecular formula is C23H24ClN5O. The minimum Gasteiger partial charge on any atom is -0.398 e. The lowest BCUT2D eigenvalue weighted by atomic mass is 9.74. The molecule has 0 saturated carbocycles. The lowest BCUT2D eigenvalue weighted by Gasteiger charge is -2.33. The maximum Gasteiger partial charge on any atom is 0.257 e.